The molecule has 5 rings (SSSR count). The van der Waals surface area contributed by atoms with Crippen molar-refractivity contribution < 1.29 is 4.79 Å². The van der Waals surface area contributed by atoms with E-state index in [9.17, 15) is 4.79 Å². The number of carbonyl (C=O) groups excluding carboxylic acids is 1. The van der Waals surface area contributed by atoms with Crippen molar-refractivity contribution in [1.29, 1.82) is 0 Å². The highest BCUT2D eigenvalue weighted by atomic mass is 16.1. The third-order valence-electron chi connectivity index (χ3n) is 7.27. The Morgan fingerprint density at radius 2 is 2.00 bits per heavy atom. The topological polar surface area (TPSA) is 71.6 Å². The van der Waals surface area contributed by atoms with Crippen LogP contribution in [0.3, 0.4) is 0 Å². The summed E-state index contributed by atoms with van der Waals surface area (Å²) in [5.74, 6) is 0.235. The van der Waals surface area contributed by atoms with Gasteiger partial charge in [-0.05, 0) is 49.3 Å². The Balaban J connectivity index is 1.78. The summed E-state index contributed by atoms with van der Waals surface area (Å²) < 4.78 is 1.85. The molecule has 166 valence electrons. The number of carbonyl (C=O) groups is 1. The minimum atomic E-state index is -0.529. The van der Waals surface area contributed by atoms with Crippen molar-refractivity contribution in [2.24, 2.45) is 22.7 Å². The summed E-state index contributed by atoms with van der Waals surface area (Å²) in [5, 5.41) is 17.1. The largest absolute Gasteiger partial charge is 0.362 e. The molecule has 2 aromatic rings. The van der Waals surface area contributed by atoms with E-state index in [-0.39, 0.29) is 17.4 Å². The van der Waals surface area contributed by atoms with E-state index in [2.05, 4.69) is 71.9 Å². The van der Waals surface area contributed by atoms with Crippen LogP contribution in [0, 0.1) is 12.3 Å². The fourth-order valence-electron chi connectivity index (χ4n) is 6.04. The lowest BCUT2D eigenvalue weighted by molar-refractivity contribution is -0.119. The Kier molecular flexibility index (Phi) is 4.56. The highest BCUT2D eigenvalue weighted by Crippen LogP contribution is 2.55. The summed E-state index contributed by atoms with van der Waals surface area (Å²) >= 11 is 0. The van der Waals surface area contributed by atoms with E-state index in [0.717, 1.165) is 57.8 Å². The number of fused-ring (bicyclic) bond motifs is 1. The quantitative estimate of drug-likeness (QED) is 0.714. The van der Waals surface area contributed by atoms with E-state index in [1.54, 1.807) is 0 Å². The molecular weight excluding hydrogens is 398 g/mol. The Labute approximate surface area is 189 Å². The average Bonchev–Trinajstić information content (AvgIpc) is 3.27. The number of hydrogen-bond donors (Lipinski definition) is 1. The second-order valence-electron chi connectivity index (χ2n) is 10.2. The molecule has 1 unspecified atom stereocenters. The number of rotatable bonds is 3. The van der Waals surface area contributed by atoms with E-state index in [1.165, 1.54) is 0 Å². The van der Waals surface area contributed by atoms with Crippen LogP contribution in [0.2, 0.25) is 0 Å². The first-order valence-corrected chi connectivity index (χ1v) is 11.4. The molecule has 1 aromatic heterocycles. The van der Waals surface area contributed by atoms with Crippen molar-refractivity contribution in [3.63, 3.8) is 0 Å². The summed E-state index contributed by atoms with van der Waals surface area (Å²) in [4.78, 5) is 13.7. The van der Waals surface area contributed by atoms with Gasteiger partial charge in [-0.15, -0.1) is 0 Å². The van der Waals surface area contributed by atoms with E-state index in [0.29, 0.717) is 6.42 Å². The van der Waals surface area contributed by atoms with Crippen LogP contribution in [-0.2, 0) is 17.3 Å². The molecule has 3 aliphatic rings. The molecule has 3 heterocycles. The lowest BCUT2D eigenvalue weighted by Gasteiger charge is -2.48. The van der Waals surface area contributed by atoms with Crippen LogP contribution in [0.25, 0.3) is 11.1 Å². The molecule has 1 N–H and O–H groups in total. The SMILES string of the molecule is CC[C@]1(c2cccc(-c3cn(C)nc3C)c2)C2=C(CC(C)(C)CC2=O)NC2N=NC(C)=C21. The van der Waals surface area contributed by atoms with Crippen molar-refractivity contribution >= 4 is 5.78 Å². The van der Waals surface area contributed by atoms with E-state index < -0.39 is 5.41 Å². The average molecular weight is 430 g/mol. The predicted molar refractivity (Wildman–Crippen MR) is 125 cm³/mol. The Morgan fingerprint density at radius 3 is 2.69 bits per heavy atom. The molecule has 1 aromatic carbocycles. The Hall–Kier alpha value is -3.02. The van der Waals surface area contributed by atoms with Gasteiger partial charge in [0, 0.05) is 42.1 Å². The zero-order valence-electron chi connectivity index (χ0n) is 19.8. The van der Waals surface area contributed by atoms with Crippen LogP contribution in [0.1, 0.15) is 58.2 Å². The minimum Gasteiger partial charge on any atom is -0.362 e. The van der Waals surface area contributed by atoms with Crippen LogP contribution >= 0.6 is 0 Å². The Bertz CT molecular complexity index is 1230. The van der Waals surface area contributed by atoms with Crippen molar-refractivity contribution in [1.82, 2.24) is 15.1 Å². The lowest BCUT2D eigenvalue weighted by atomic mass is 9.58. The first kappa shape index (κ1) is 20.9. The van der Waals surface area contributed by atoms with Crippen LogP contribution < -0.4 is 5.32 Å². The zero-order valence-corrected chi connectivity index (χ0v) is 19.8. The summed E-state index contributed by atoms with van der Waals surface area (Å²) in [7, 11) is 1.94. The minimum absolute atomic E-state index is 0.0664. The van der Waals surface area contributed by atoms with Gasteiger partial charge in [-0.1, -0.05) is 39.0 Å². The lowest BCUT2D eigenvalue weighted by Crippen LogP contribution is -2.51. The van der Waals surface area contributed by atoms with Crippen LogP contribution in [-0.4, -0.2) is 21.7 Å². The maximum atomic E-state index is 13.7. The standard InChI is InChI=1S/C26H31N5O/c1-7-26(18-10-8-9-17(11-18)19-14-31(6)30-15(19)2)22-16(3)28-29-24(22)27-20-12-25(4,5)13-21(32)23(20)26/h8-11,14,24,27H,7,12-13H2,1-6H3/t24?,26-/m1/s1. The van der Waals surface area contributed by atoms with E-state index >= 15 is 0 Å². The van der Waals surface area contributed by atoms with Gasteiger partial charge in [-0.2, -0.15) is 15.3 Å². The van der Waals surface area contributed by atoms with Crippen LogP contribution in [0.4, 0.5) is 0 Å². The number of hydrogen-bond acceptors (Lipinski definition) is 5. The van der Waals surface area contributed by atoms with Gasteiger partial charge >= 0.3 is 0 Å². The third-order valence-corrected chi connectivity index (χ3v) is 7.27. The molecule has 0 fully saturated rings. The third kappa shape index (κ3) is 2.92. The van der Waals surface area contributed by atoms with Gasteiger partial charge in [0.15, 0.2) is 11.9 Å². The van der Waals surface area contributed by atoms with Gasteiger partial charge < -0.3 is 5.32 Å². The van der Waals surface area contributed by atoms with Crippen LogP contribution in [0.5, 0.6) is 0 Å². The number of azo groups is 1. The molecule has 0 radical (unpaired) electrons. The number of allylic oxidation sites excluding steroid dienone is 3. The summed E-state index contributed by atoms with van der Waals surface area (Å²) in [5.41, 5.74) is 7.75. The van der Waals surface area contributed by atoms with Gasteiger partial charge in [0.2, 0.25) is 0 Å². The summed E-state index contributed by atoms with van der Waals surface area (Å²) in [6.45, 7) is 10.6. The molecule has 2 aliphatic heterocycles. The molecular formula is C26H31N5O. The Morgan fingerprint density at radius 1 is 1.22 bits per heavy atom. The van der Waals surface area contributed by atoms with Gasteiger partial charge in [0.1, 0.15) is 0 Å². The summed E-state index contributed by atoms with van der Waals surface area (Å²) in [6.07, 6.45) is 4.03. The first-order valence-electron chi connectivity index (χ1n) is 11.4. The molecule has 0 saturated carbocycles. The number of nitrogens with one attached hydrogen (secondary N) is 1. The molecule has 0 saturated heterocycles. The highest BCUT2D eigenvalue weighted by Gasteiger charge is 2.53. The second-order valence-corrected chi connectivity index (χ2v) is 10.2. The number of ketones is 1. The maximum absolute atomic E-state index is 13.7. The number of aromatic nitrogens is 2. The van der Waals surface area contributed by atoms with Crippen molar-refractivity contribution in [3.05, 3.63) is 64.3 Å². The number of aryl methyl sites for hydroxylation is 2. The van der Waals surface area contributed by atoms with Gasteiger partial charge in [-0.3, -0.25) is 9.48 Å². The molecule has 1 aliphatic carbocycles. The van der Waals surface area contributed by atoms with Gasteiger partial charge in [-0.25, -0.2) is 0 Å². The number of nitrogens with zero attached hydrogens (tertiary/aromatic N) is 4. The monoisotopic (exact) mass is 429 g/mol. The van der Waals surface area contributed by atoms with Crippen LogP contribution in [0.15, 0.2) is 63.2 Å². The second kappa shape index (κ2) is 6.99. The first-order chi connectivity index (χ1) is 15.2. The molecule has 2 atom stereocenters. The molecule has 32 heavy (non-hydrogen) atoms. The molecule has 0 bridgehead atoms. The van der Waals surface area contributed by atoms with Gasteiger partial charge in [0.25, 0.3) is 0 Å². The predicted octanol–water partition coefficient (Wildman–Crippen LogP) is 5.36. The molecule has 0 amide bonds. The van der Waals surface area contributed by atoms with E-state index in [4.69, 9.17) is 0 Å². The normalized spacial score (nSPS) is 26.3. The highest BCUT2D eigenvalue weighted by molar-refractivity contribution is 6.01. The van der Waals surface area contributed by atoms with Crippen molar-refractivity contribution in [3.8, 4) is 11.1 Å². The smallest absolute Gasteiger partial charge is 0.165 e. The maximum Gasteiger partial charge on any atom is 0.165 e. The van der Waals surface area contributed by atoms with Gasteiger partial charge in [0.05, 0.1) is 16.8 Å². The number of benzene rings is 1. The fourth-order valence-corrected chi connectivity index (χ4v) is 6.04. The fraction of sp³-hybridized carbons (Fsp3) is 0.462. The van der Waals surface area contributed by atoms with Crippen molar-refractivity contribution in [2.75, 3.05) is 0 Å². The van der Waals surface area contributed by atoms with Crippen molar-refractivity contribution in [2.45, 2.75) is 65.5 Å². The molecule has 6 heteroatoms. The molecule has 6 nitrogen and oxygen atoms in total. The van der Waals surface area contributed by atoms with E-state index in [1.807, 2.05) is 25.6 Å². The number of Topliss-reactive ketones (excluding diaryl/α,β-unsaturated/α-hetero) is 1. The molecule has 0 spiro atoms. The zero-order chi connectivity index (χ0) is 22.8. The summed E-state index contributed by atoms with van der Waals surface area (Å²) in [6, 6.07) is 8.63.